The molecule has 0 saturated heterocycles. The number of nitrogens with one attached hydrogen (secondary N) is 1. The Balaban J connectivity index is 1.71. The minimum absolute atomic E-state index is 0.0296. The lowest BCUT2D eigenvalue weighted by molar-refractivity contribution is -0.384. The van der Waals surface area contributed by atoms with Crippen molar-refractivity contribution in [2.45, 2.75) is 6.42 Å². The number of hydrogen-bond donors (Lipinski definition) is 1. The molecule has 126 valence electrons. The summed E-state index contributed by atoms with van der Waals surface area (Å²) in [6.07, 6.45) is 0.0296. The number of imide groups is 1. The monoisotopic (exact) mass is 339 g/mol. The van der Waals surface area contributed by atoms with Crippen LogP contribution < -0.4 is 5.32 Å². The molecule has 0 saturated carbocycles. The summed E-state index contributed by atoms with van der Waals surface area (Å²) in [5, 5.41) is 13.3. The van der Waals surface area contributed by atoms with Crippen molar-refractivity contribution in [1.29, 1.82) is 0 Å². The summed E-state index contributed by atoms with van der Waals surface area (Å²) in [4.78, 5) is 47.0. The van der Waals surface area contributed by atoms with Gasteiger partial charge in [0.2, 0.25) is 5.91 Å². The second-order valence-corrected chi connectivity index (χ2v) is 5.58. The zero-order valence-electron chi connectivity index (χ0n) is 13.2. The third-order valence-electron chi connectivity index (χ3n) is 3.89. The molecule has 2 aromatic carbocycles. The van der Waals surface area contributed by atoms with Crippen LogP contribution in [0.5, 0.6) is 0 Å². The SMILES string of the molecule is CN1C(=O)c2ccc(NC(=O)Cc3ccc([N+](=O)[O-])cc3)cc2C1=O. The quantitative estimate of drug-likeness (QED) is 0.520. The molecule has 3 rings (SSSR count). The molecule has 0 atom stereocenters. The fraction of sp³-hybridized carbons (Fsp3) is 0.118. The average Bonchev–Trinajstić information content (AvgIpc) is 2.79. The molecule has 1 heterocycles. The molecule has 1 N–H and O–H groups in total. The smallest absolute Gasteiger partial charge is 0.269 e. The predicted molar refractivity (Wildman–Crippen MR) is 88.3 cm³/mol. The molecular weight excluding hydrogens is 326 g/mol. The zero-order valence-corrected chi connectivity index (χ0v) is 13.2. The fourth-order valence-electron chi connectivity index (χ4n) is 2.57. The maximum absolute atomic E-state index is 12.1. The van der Waals surface area contributed by atoms with Crippen LogP contribution in [-0.2, 0) is 11.2 Å². The topological polar surface area (TPSA) is 110 Å². The maximum Gasteiger partial charge on any atom is 0.269 e. The average molecular weight is 339 g/mol. The highest BCUT2D eigenvalue weighted by atomic mass is 16.6. The molecule has 0 aliphatic carbocycles. The van der Waals surface area contributed by atoms with E-state index in [0.717, 1.165) is 4.90 Å². The lowest BCUT2D eigenvalue weighted by atomic mass is 10.1. The van der Waals surface area contributed by atoms with Crippen molar-refractivity contribution in [3.8, 4) is 0 Å². The molecule has 0 spiro atoms. The van der Waals surface area contributed by atoms with Gasteiger partial charge in [-0.15, -0.1) is 0 Å². The fourth-order valence-corrected chi connectivity index (χ4v) is 2.57. The van der Waals surface area contributed by atoms with Crippen molar-refractivity contribution < 1.29 is 19.3 Å². The lowest BCUT2D eigenvalue weighted by Crippen LogP contribution is -2.24. The number of nitro groups is 1. The molecule has 1 aliphatic rings. The van der Waals surface area contributed by atoms with E-state index in [2.05, 4.69) is 5.32 Å². The van der Waals surface area contributed by atoms with Gasteiger partial charge in [0, 0.05) is 24.9 Å². The van der Waals surface area contributed by atoms with Crippen LogP contribution in [-0.4, -0.2) is 34.6 Å². The Morgan fingerprint density at radius 1 is 1.08 bits per heavy atom. The van der Waals surface area contributed by atoms with Crippen LogP contribution in [0.25, 0.3) is 0 Å². The highest BCUT2D eigenvalue weighted by molar-refractivity contribution is 6.21. The Bertz CT molecular complexity index is 905. The van der Waals surface area contributed by atoms with Crippen molar-refractivity contribution in [3.05, 3.63) is 69.3 Å². The number of fused-ring (bicyclic) bond motifs is 1. The number of nitrogens with zero attached hydrogens (tertiary/aromatic N) is 2. The van der Waals surface area contributed by atoms with Gasteiger partial charge in [0.1, 0.15) is 0 Å². The molecule has 3 amide bonds. The molecule has 8 heteroatoms. The third kappa shape index (κ3) is 3.09. The number of rotatable bonds is 4. The van der Waals surface area contributed by atoms with E-state index in [-0.39, 0.29) is 29.5 Å². The second kappa shape index (κ2) is 6.16. The van der Waals surface area contributed by atoms with Crippen LogP contribution in [0, 0.1) is 10.1 Å². The van der Waals surface area contributed by atoms with Crippen molar-refractivity contribution in [2.75, 3.05) is 12.4 Å². The second-order valence-electron chi connectivity index (χ2n) is 5.58. The molecule has 1 aliphatic heterocycles. The standard InChI is InChI=1S/C17H13N3O5/c1-19-16(22)13-7-4-11(9-14(13)17(19)23)18-15(21)8-10-2-5-12(6-3-10)20(24)25/h2-7,9H,8H2,1H3,(H,18,21). The number of hydrogen-bond acceptors (Lipinski definition) is 5. The number of benzene rings is 2. The van der Waals surface area contributed by atoms with E-state index in [1.54, 1.807) is 6.07 Å². The largest absolute Gasteiger partial charge is 0.326 e. The highest BCUT2D eigenvalue weighted by Gasteiger charge is 2.32. The van der Waals surface area contributed by atoms with Gasteiger partial charge in [-0.3, -0.25) is 29.4 Å². The van der Waals surface area contributed by atoms with Crippen LogP contribution in [0.1, 0.15) is 26.3 Å². The van der Waals surface area contributed by atoms with Gasteiger partial charge in [-0.25, -0.2) is 0 Å². The van der Waals surface area contributed by atoms with Gasteiger partial charge in [-0.1, -0.05) is 12.1 Å². The van der Waals surface area contributed by atoms with E-state index in [4.69, 9.17) is 0 Å². The van der Waals surface area contributed by atoms with Crippen molar-refractivity contribution in [2.24, 2.45) is 0 Å². The third-order valence-corrected chi connectivity index (χ3v) is 3.89. The summed E-state index contributed by atoms with van der Waals surface area (Å²) in [7, 11) is 1.40. The van der Waals surface area contributed by atoms with Crippen LogP contribution in [0.4, 0.5) is 11.4 Å². The first-order valence-electron chi connectivity index (χ1n) is 7.36. The van der Waals surface area contributed by atoms with Crippen molar-refractivity contribution >= 4 is 29.1 Å². The zero-order chi connectivity index (χ0) is 18.1. The Morgan fingerprint density at radius 2 is 1.72 bits per heavy atom. The molecule has 0 radical (unpaired) electrons. The molecule has 2 aromatic rings. The van der Waals surface area contributed by atoms with Crippen LogP contribution in [0.15, 0.2) is 42.5 Å². The summed E-state index contributed by atoms with van der Waals surface area (Å²) in [5.74, 6) is -1.12. The Morgan fingerprint density at radius 3 is 2.36 bits per heavy atom. The van der Waals surface area contributed by atoms with Gasteiger partial charge in [-0.05, 0) is 23.8 Å². The Kier molecular flexibility index (Phi) is 4.02. The minimum atomic E-state index is -0.510. The number of non-ortho nitro benzene ring substituents is 1. The minimum Gasteiger partial charge on any atom is -0.326 e. The van der Waals surface area contributed by atoms with E-state index in [1.807, 2.05) is 0 Å². The van der Waals surface area contributed by atoms with Gasteiger partial charge < -0.3 is 5.32 Å². The van der Waals surface area contributed by atoms with Gasteiger partial charge in [0.05, 0.1) is 22.5 Å². The Labute approximate surface area is 142 Å². The van der Waals surface area contributed by atoms with Gasteiger partial charge >= 0.3 is 0 Å². The van der Waals surface area contributed by atoms with Crippen LogP contribution in [0.3, 0.4) is 0 Å². The van der Waals surface area contributed by atoms with E-state index in [0.29, 0.717) is 16.8 Å². The summed E-state index contributed by atoms with van der Waals surface area (Å²) < 4.78 is 0. The molecule has 25 heavy (non-hydrogen) atoms. The summed E-state index contributed by atoms with van der Waals surface area (Å²) in [6, 6.07) is 10.2. The summed E-state index contributed by atoms with van der Waals surface area (Å²) >= 11 is 0. The molecule has 0 unspecified atom stereocenters. The van der Waals surface area contributed by atoms with Crippen LogP contribution in [0.2, 0.25) is 0 Å². The van der Waals surface area contributed by atoms with Crippen LogP contribution >= 0.6 is 0 Å². The van der Waals surface area contributed by atoms with E-state index in [9.17, 15) is 24.5 Å². The number of carbonyl (C=O) groups is 3. The summed E-state index contributed by atoms with van der Waals surface area (Å²) in [6.45, 7) is 0. The molecule has 0 fully saturated rings. The number of anilines is 1. The lowest BCUT2D eigenvalue weighted by Gasteiger charge is -2.06. The predicted octanol–water partition coefficient (Wildman–Crippen LogP) is 2.00. The first kappa shape index (κ1) is 16.3. The number of carbonyl (C=O) groups excluding carboxylic acids is 3. The Hall–Kier alpha value is -3.55. The number of nitro benzene ring substituents is 1. The normalized spacial score (nSPS) is 12.9. The summed E-state index contributed by atoms with van der Waals surface area (Å²) in [5.41, 5.74) is 1.54. The highest BCUT2D eigenvalue weighted by Crippen LogP contribution is 2.24. The van der Waals surface area contributed by atoms with Crippen molar-refractivity contribution in [3.63, 3.8) is 0 Å². The number of amides is 3. The van der Waals surface area contributed by atoms with Gasteiger partial charge in [0.15, 0.2) is 0 Å². The van der Waals surface area contributed by atoms with Gasteiger partial charge in [0.25, 0.3) is 17.5 Å². The first-order chi connectivity index (χ1) is 11.9. The van der Waals surface area contributed by atoms with E-state index >= 15 is 0 Å². The maximum atomic E-state index is 12.1. The van der Waals surface area contributed by atoms with E-state index < -0.39 is 10.8 Å². The molecule has 0 aromatic heterocycles. The molecule has 0 bridgehead atoms. The first-order valence-corrected chi connectivity index (χ1v) is 7.36. The van der Waals surface area contributed by atoms with E-state index in [1.165, 1.54) is 43.4 Å². The van der Waals surface area contributed by atoms with Gasteiger partial charge in [-0.2, -0.15) is 0 Å². The molecule has 8 nitrogen and oxygen atoms in total. The molecular formula is C17H13N3O5. The van der Waals surface area contributed by atoms with Crippen molar-refractivity contribution in [1.82, 2.24) is 4.90 Å².